The molecule has 3 unspecified atom stereocenters. The summed E-state index contributed by atoms with van der Waals surface area (Å²) in [4.78, 5) is 0. The molecular formula is C17H21BrN2. The Balaban J connectivity index is 1.90. The molecule has 2 saturated carbocycles. The van der Waals surface area contributed by atoms with E-state index in [-0.39, 0.29) is 0 Å². The van der Waals surface area contributed by atoms with E-state index < -0.39 is 0 Å². The van der Waals surface area contributed by atoms with Crippen molar-refractivity contribution in [3.8, 4) is 6.07 Å². The van der Waals surface area contributed by atoms with Crippen LogP contribution in [0.15, 0.2) is 22.7 Å². The third-order valence-electron chi connectivity index (χ3n) is 5.67. The van der Waals surface area contributed by atoms with Gasteiger partial charge >= 0.3 is 0 Å². The molecule has 106 valence electrons. The summed E-state index contributed by atoms with van der Waals surface area (Å²) < 4.78 is 0.985. The maximum absolute atomic E-state index is 8.96. The minimum absolute atomic E-state index is 0.334. The quantitative estimate of drug-likeness (QED) is 0.831. The highest BCUT2D eigenvalue weighted by molar-refractivity contribution is 9.10. The fourth-order valence-corrected chi connectivity index (χ4v) is 5.01. The predicted octanol–water partition coefficient (Wildman–Crippen LogP) is 4.95. The Morgan fingerprint density at radius 1 is 1.35 bits per heavy atom. The molecule has 1 aromatic carbocycles. The number of benzene rings is 1. The van der Waals surface area contributed by atoms with Gasteiger partial charge in [-0.05, 0) is 70.1 Å². The lowest BCUT2D eigenvalue weighted by molar-refractivity contribution is 0.155. The van der Waals surface area contributed by atoms with E-state index in [4.69, 9.17) is 5.26 Å². The van der Waals surface area contributed by atoms with Gasteiger partial charge in [0.25, 0.3) is 0 Å². The Morgan fingerprint density at radius 3 is 2.65 bits per heavy atom. The van der Waals surface area contributed by atoms with Crippen LogP contribution in [0.25, 0.3) is 0 Å². The maximum Gasteiger partial charge on any atom is 0.0992 e. The maximum atomic E-state index is 8.96. The predicted molar refractivity (Wildman–Crippen MR) is 85.5 cm³/mol. The topological polar surface area (TPSA) is 35.8 Å². The molecular weight excluding hydrogens is 312 g/mol. The van der Waals surface area contributed by atoms with Crippen LogP contribution >= 0.6 is 15.9 Å². The average molecular weight is 333 g/mol. The Bertz CT molecular complexity index is 582. The van der Waals surface area contributed by atoms with E-state index in [1.165, 1.54) is 19.3 Å². The highest BCUT2D eigenvalue weighted by Gasteiger charge is 2.59. The molecule has 3 atom stereocenters. The zero-order valence-corrected chi connectivity index (χ0v) is 13.9. The number of fused-ring (bicyclic) bond motifs is 2. The number of rotatable bonds is 2. The van der Waals surface area contributed by atoms with Crippen molar-refractivity contribution in [2.24, 2.45) is 16.7 Å². The first kappa shape index (κ1) is 13.9. The van der Waals surface area contributed by atoms with E-state index in [9.17, 15) is 0 Å². The number of nitrogens with zero attached hydrogens (tertiary/aromatic N) is 1. The van der Waals surface area contributed by atoms with E-state index in [0.717, 1.165) is 16.1 Å². The van der Waals surface area contributed by atoms with Gasteiger partial charge in [0, 0.05) is 16.2 Å². The molecule has 2 aliphatic carbocycles. The van der Waals surface area contributed by atoms with Gasteiger partial charge in [0.15, 0.2) is 0 Å². The van der Waals surface area contributed by atoms with Gasteiger partial charge in [-0.15, -0.1) is 0 Å². The van der Waals surface area contributed by atoms with Crippen molar-refractivity contribution in [3.05, 3.63) is 28.2 Å². The first-order chi connectivity index (χ1) is 9.37. The second-order valence-corrected chi connectivity index (χ2v) is 8.15. The van der Waals surface area contributed by atoms with Gasteiger partial charge in [-0.3, -0.25) is 0 Å². The molecule has 20 heavy (non-hydrogen) atoms. The Morgan fingerprint density at radius 2 is 2.10 bits per heavy atom. The van der Waals surface area contributed by atoms with Crippen LogP contribution in [-0.4, -0.2) is 6.04 Å². The molecule has 0 amide bonds. The van der Waals surface area contributed by atoms with E-state index in [0.29, 0.717) is 22.4 Å². The summed E-state index contributed by atoms with van der Waals surface area (Å²) in [6.07, 6.45) is 4.04. The van der Waals surface area contributed by atoms with Gasteiger partial charge in [0.05, 0.1) is 11.6 Å². The van der Waals surface area contributed by atoms with Crippen molar-refractivity contribution in [2.75, 3.05) is 5.32 Å². The molecule has 1 N–H and O–H groups in total. The van der Waals surface area contributed by atoms with Crippen molar-refractivity contribution in [3.63, 3.8) is 0 Å². The number of hydrogen-bond acceptors (Lipinski definition) is 2. The van der Waals surface area contributed by atoms with E-state index in [1.807, 2.05) is 18.2 Å². The summed E-state index contributed by atoms with van der Waals surface area (Å²) in [5, 5.41) is 12.7. The standard InChI is InChI=1S/C17H21BrN2/c1-16(2)12-6-7-17(3,9-12)15(16)20-14-5-4-11(10-19)8-13(14)18/h4-5,8,12,15,20H,6-7,9H2,1-3H3. The summed E-state index contributed by atoms with van der Waals surface area (Å²) in [6.45, 7) is 7.23. The summed E-state index contributed by atoms with van der Waals surface area (Å²) in [7, 11) is 0. The van der Waals surface area contributed by atoms with Gasteiger partial charge in [-0.2, -0.15) is 5.26 Å². The molecule has 0 radical (unpaired) electrons. The highest BCUT2D eigenvalue weighted by atomic mass is 79.9. The summed E-state index contributed by atoms with van der Waals surface area (Å²) in [5.74, 6) is 0.835. The van der Waals surface area contributed by atoms with Crippen molar-refractivity contribution < 1.29 is 0 Å². The van der Waals surface area contributed by atoms with Crippen LogP contribution in [0.5, 0.6) is 0 Å². The Hall–Kier alpha value is -1.01. The summed E-state index contributed by atoms with van der Waals surface area (Å²) >= 11 is 3.59. The molecule has 0 aliphatic heterocycles. The summed E-state index contributed by atoms with van der Waals surface area (Å²) in [5.41, 5.74) is 2.54. The normalized spacial score (nSPS) is 34.0. The van der Waals surface area contributed by atoms with Crippen LogP contribution in [0, 0.1) is 28.1 Å². The minimum Gasteiger partial charge on any atom is -0.380 e. The number of halogens is 1. The van der Waals surface area contributed by atoms with Crippen molar-refractivity contribution in [2.45, 2.75) is 46.1 Å². The lowest BCUT2D eigenvalue weighted by Crippen LogP contribution is -2.45. The zero-order valence-electron chi connectivity index (χ0n) is 12.3. The first-order valence-corrected chi connectivity index (χ1v) is 8.12. The van der Waals surface area contributed by atoms with Gasteiger partial charge < -0.3 is 5.32 Å². The third-order valence-corrected chi connectivity index (χ3v) is 6.32. The molecule has 0 saturated heterocycles. The molecule has 3 heteroatoms. The van der Waals surface area contributed by atoms with E-state index >= 15 is 0 Å². The number of hydrogen-bond donors (Lipinski definition) is 1. The lowest BCUT2D eigenvalue weighted by Gasteiger charge is -2.43. The SMILES string of the molecule is CC12CCC(C1)C(C)(C)C2Nc1ccc(C#N)cc1Br. The van der Waals surface area contributed by atoms with Gasteiger partial charge in [0.1, 0.15) is 0 Å². The number of anilines is 1. The fourth-order valence-electron chi connectivity index (χ4n) is 4.52. The highest BCUT2D eigenvalue weighted by Crippen LogP contribution is 2.63. The molecule has 2 aliphatic rings. The molecule has 2 bridgehead atoms. The first-order valence-electron chi connectivity index (χ1n) is 7.33. The number of nitrogens with one attached hydrogen (secondary N) is 1. The van der Waals surface area contributed by atoms with Crippen LogP contribution < -0.4 is 5.32 Å². The van der Waals surface area contributed by atoms with E-state index in [1.54, 1.807) is 0 Å². The molecule has 1 aromatic rings. The molecule has 3 rings (SSSR count). The van der Waals surface area contributed by atoms with Gasteiger partial charge in [0.2, 0.25) is 0 Å². The van der Waals surface area contributed by atoms with Crippen molar-refractivity contribution >= 4 is 21.6 Å². The monoisotopic (exact) mass is 332 g/mol. The number of nitriles is 1. The third kappa shape index (κ3) is 1.97. The average Bonchev–Trinajstić information content (AvgIpc) is 2.87. The van der Waals surface area contributed by atoms with Gasteiger partial charge in [-0.25, -0.2) is 0 Å². The molecule has 0 heterocycles. The van der Waals surface area contributed by atoms with E-state index in [2.05, 4.69) is 48.1 Å². The minimum atomic E-state index is 0.334. The van der Waals surface area contributed by atoms with Crippen LogP contribution in [0.4, 0.5) is 5.69 Å². The Labute approximate surface area is 129 Å². The Kier molecular flexibility index (Phi) is 3.14. The van der Waals surface area contributed by atoms with Crippen molar-refractivity contribution in [1.29, 1.82) is 5.26 Å². The van der Waals surface area contributed by atoms with Crippen LogP contribution in [0.3, 0.4) is 0 Å². The summed E-state index contributed by atoms with van der Waals surface area (Å²) in [6, 6.07) is 8.48. The molecule has 0 aromatic heterocycles. The molecule has 2 fully saturated rings. The molecule has 2 nitrogen and oxygen atoms in total. The second-order valence-electron chi connectivity index (χ2n) is 7.30. The van der Waals surface area contributed by atoms with Crippen LogP contribution in [0.2, 0.25) is 0 Å². The second kappa shape index (κ2) is 4.49. The largest absolute Gasteiger partial charge is 0.380 e. The zero-order chi connectivity index (χ0) is 14.5. The molecule has 0 spiro atoms. The van der Waals surface area contributed by atoms with Crippen LogP contribution in [-0.2, 0) is 0 Å². The smallest absolute Gasteiger partial charge is 0.0992 e. The van der Waals surface area contributed by atoms with Crippen molar-refractivity contribution in [1.82, 2.24) is 0 Å². The lowest BCUT2D eigenvalue weighted by atomic mass is 9.68. The van der Waals surface area contributed by atoms with Gasteiger partial charge in [-0.1, -0.05) is 20.8 Å². The fraction of sp³-hybridized carbons (Fsp3) is 0.588. The van der Waals surface area contributed by atoms with Crippen LogP contribution in [0.1, 0.15) is 45.6 Å².